The Morgan fingerprint density at radius 3 is 2.15 bits per heavy atom. The van der Waals surface area contributed by atoms with Crippen molar-refractivity contribution >= 4 is 11.9 Å². The average Bonchev–Trinajstić information content (AvgIpc) is 2.77. The van der Waals surface area contributed by atoms with Gasteiger partial charge in [-0.3, -0.25) is 0 Å². The molecule has 2 aliphatic rings. The zero-order chi connectivity index (χ0) is 25.0. The fourth-order valence-electron chi connectivity index (χ4n) is 3.35. The Hall–Kier alpha value is -1.54. The van der Waals surface area contributed by atoms with Gasteiger partial charge in [0.1, 0.15) is 48.8 Å². The van der Waals surface area contributed by atoms with Crippen molar-refractivity contribution in [1.82, 2.24) is 0 Å². The maximum atomic E-state index is 11.5. The number of rotatable bonds is 10. The standard InChI is InChI=1S/C17H28O16/c1-29-11-8(22)10(24)16(33-13(11)15(27)28)32-12-6(20)4(19)3-30-17(12)31-5(2-18)7(21)9(23)14(25)26/h4-13,16-24H,2-3H2,1H3,(H,25,26)(H,27,28)/t4-,5-,6+,7+,8-,9-,10-,11+,12-,13+,16+,17+/m1/s1. The second-order valence-corrected chi connectivity index (χ2v) is 7.44. The van der Waals surface area contributed by atoms with Crippen LogP contribution in [0.3, 0.4) is 0 Å². The Morgan fingerprint density at radius 1 is 1.00 bits per heavy atom. The number of ether oxygens (including phenoxy) is 5. The molecule has 192 valence electrons. The van der Waals surface area contributed by atoms with Gasteiger partial charge < -0.3 is 69.6 Å². The molecule has 0 spiro atoms. The summed E-state index contributed by atoms with van der Waals surface area (Å²) < 4.78 is 25.8. The van der Waals surface area contributed by atoms with Gasteiger partial charge in [-0.1, -0.05) is 0 Å². The number of carboxylic acid groups (broad SMARTS) is 2. The molecule has 2 fully saturated rings. The molecule has 16 heteroatoms. The fourth-order valence-corrected chi connectivity index (χ4v) is 3.35. The van der Waals surface area contributed by atoms with E-state index in [0.29, 0.717) is 0 Å². The lowest BCUT2D eigenvalue weighted by molar-refractivity contribution is -0.361. The molecule has 0 aromatic rings. The van der Waals surface area contributed by atoms with Crippen molar-refractivity contribution in [2.45, 2.75) is 73.6 Å². The molecular weight excluding hydrogens is 460 g/mol. The minimum absolute atomic E-state index is 0.540. The van der Waals surface area contributed by atoms with Gasteiger partial charge in [-0.05, 0) is 0 Å². The third kappa shape index (κ3) is 6.13. The van der Waals surface area contributed by atoms with Crippen LogP contribution in [0.15, 0.2) is 0 Å². The summed E-state index contributed by atoms with van der Waals surface area (Å²) in [5, 5.41) is 87.7. The van der Waals surface area contributed by atoms with Crippen LogP contribution in [-0.4, -0.2) is 152 Å². The first-order valence-corrected chi connectivity index (χ1v) is 9.70. The number of carboxylic acids is 2. The Kier molecular flexibility index (Phi) is 9.85. The molecule has 2 saturated heterocycles. The Bertz CT molecular complexity index is 661. The molecule has 0 saturated carbocycles. The number of aliphatic carboxylic acids is 2. The highest BCUT2D eigenvalue weighted by atomic mass is 16.8. The second kappa shape index (κ2) is 11.7. The van der Waals surface area contributed by atoms with E-state index < -0.39 is 98.8 Å². The van der Waals surface area contributed by atoms with E-state index in [0.717, 1.165) is 7.11 Å². The molecule has 0 aliphatic carbocycles. The van der Waals surface area contributed by atoms with E-state index in [1.807, 2.05) is 0 Å². The fraction of sp³-hybridized carbons (Fsp3) is 0.882. The van der Waals surface area contributed by atoms with Gasteiger partial charge >= 0.3 is 11.9 Å². The molecule has 2 heterocycles. The minimum Gasteiger partial charge on any atom is -0.479 e. The monoisotopic (exact) mass is 488 g/mol. The maximum Gasteiger partial charge on any atom is 0.335 e. The molecule has 16 nitrogen and oxygen atoms in total. The smallest absolute Gasteiger partial charge is 0.335 e. The summed E-state index contributed by atoms with van der Waals surface area (Å²) >= 11 is 0. The number of aliphatic hydroxyl groups is 7. The molecule has 2 aliphatic heterocycles. The second-order valence-electron chi connectivity index (χ2n) is 7.44. The number of hydrogen-bond donors (Lipinski definition) is 9. The normalized spacial score (nSPS) is 40.1. The summed E-state index contributed by atoms with van der Waals surface area (Å²) in [5.41, 5.74) is 0. The first-order chi connectivity index (χ1) is 15.4. The van der Waals surface area contributed by atoms with Gasteiger partial charge in [0.15, 0.2) is 24.8 Å². The summed E-state index contributed by atoms with van der Waals surface area (Å²) in [6.07, 6.45) is -22.1. The zero-order valence-electron chi connectivity index (χ0n) is 17.2. The van der Waals surface area contributed by atoms with Crippen LogP contribution in [0.1, 0.15) is 0 Å². The topological polar surface area (TPSA) is 262 Å². The number of hydrogen-bond acceptors (Lipinski definition) is 14. The number of carbonyl (C=O) groups is 2. The van der Waals surface area contributed by atoms with Crippen molar-refractivity contribution in [2.24, 2.45) is 0 Å². The third-order valence-corrected chi connectivity index (χ3v) is 5.23. The molecular formula is C17H28O16. The van der Waals surface area contributed by atoms with E-state index in [9.17, 15) is 50.4 Å². The molecule has 0 aromatic carbocycles. The van der Waals surface area contributed by atoms with Crippen molar-refractivity contribution in [3.8, 4) is 0 Å². The van der Waals surface area contributed by atoms with Crippen LogP contribution in [0.5, 0.6) is 0 Å². The summed E-state index contributed by atoms with van der Waals surface area (Å²) in [7, 11) is 1.08. The van der Waals surface area contributed by atoms with Crippen LogP contribution in [-0.2, 0) is 33.3 Å². The Balaban J connectivity index is 2.23. The Labute approximate surface area is 186 Å². The highest BCUT2D eigenvalue weighted by molar-refractivity contribution is 5.73. The lowest BCUT2D eigenvalue weighted by Crippen LogP contribution is -2.64. The first kappa shape index (κ1) is 27.7. The molecule has 0 unspecified atom stereocenters. The van der Waals surface area contributed by atoms with Crippen molar-refractivity contribution in [2.75, 3.05) is 20.3 Å². The van der Waals surface area contributed by atoms with Crippen LogP contribution >= 0.6 is 0 Å². The molecule has 12 atom stereocenters. The quantitative estimate of drug-likeness (QED) is 0.139. The molecule has 9 N–H and O–H groups in total. The summed E-state index contributed by atoms with van der Waals surface area (Å²) in [4.78, 5) is 22.3. The van der Waals surface area contributed by atoms with E-state index in [2.05, 4.69) is 0 Å². The molecule has 0 amide bonds. The van der Waals surface area contributed by atoms with Gasteiger partial charge in [0.2, 0.25) is 0 Å². The van der Waals surface area contributed by atoms with Crippen LogP contribution in [0.2, 0.25) is 0 Å². The van der Waals surface area contributed by atoms with E-state index in [1.165, 1.54) is 0 Å². The van der Waals surface area contributed by atoms with Gasteiger partial charge in [-0.2, -0.15) is 0 Å². The lowest BCUT2D eigenvalue weighted by Gasteiger charge is -2.45. The molecule has 0 bridgehead atoms. The van der Waals surface area contributed by atoms with Gasteiger partial charge in [-0.15, -0.1) is 0 Å². The highest BCUT2D eigenvalue weighted by Gasteiger charge is 2.52. The molecule has 0 aromatic heterocycles. The number of methoxy groups -OCH3 is 1. The summed E-state index contributed by atoms with van der Waals surface area (Å²) in [6.45, 7) is -1.56. The Morgan fingerprint density at radius 2 is 1.64 bits per heavy atom. The van der Waals surface area contributed by atoms with Crippen LogP contribution < -0.4 is 0 Å². The largest absolute Gasteiger partial charge is 0.479 e. The average molecular weight is 488 g/mol. The van der Waals surface area contributed by atoms with Gasteiger partial charge in [0, 0.05) is 7.11 Å². The van der Waals surface area contributed by atoms with Crippen LogP contribution in [0.4, 0.5) is 0 Å². The molecule has 0 radical (unpaired) electrons. The van der Waals surface area contributed by atoms with Crippen molar-refractivity contribution in [3.63, 3.8) is 0 Å². The van der Waals surface area contributed by atoms with Crippen molar-refractivity contribution in [1.29, 1.82) is 0 Å². The van der Waals surface area contributed by atoms with Gasteiger partial charge in [0.05, 0.1) is 13.2 Å². The van der Waals surface area contributed by atoms with Crippen molar-refractivity contribution in [3.05, 3.63) is 0 Å². The molecule has 2 rings (SSSR count). The SMILES string of the molecule is CO[C@H]1[C@H](O)[C@@H](O)[C@@H](O[C@H]2[C@H](O[C@H](CO)[C@H](O)[C@@H](O)C(=O)O)OC[C@@H](O)[C@@H]2O)O[C@@H]1C(=O)O. The first-order valence-electron chi connectivity index (χ1n) is 9.70. The zero-order valence-corrected chi connectivity index (χ0v) is 17.2. The number of aliphatic hydroxyl groups excluding tert-OH is 7. The predicted molar refractivity (Wildman–Crippen MR) is 97.3 cm³/mol. The van der Waals surface area contributed by atoms with E-state index in [-0.39, 0.29) is 0 Å². The van der Waals surface area contributed by atoms with E-state index in [1.54, 1.807) is 0 Å². The van der Waals surface area contributed by atoms with Crippen LogP contribution in [0, 0.1) is 0 Å². The minimum atomic E-state index is -2.36. The molecule has 33 heavy (non-hydrogen) atoms. The van der Waals surface area contributed by atoms with Crippen LogP contribution in [0.25, 0.3) is 0 Å². The maximum absolute atomic E-state index is 11.5. The summed E-state index contributed by atoms with van der Waals surface area (Å²) in [6, 6.07) is 0. The van der Waals surface area contributed by atoms with Gasteiger partial charge in [-0.25, -0.2) is 9.59 Å². The van der Waals surface area contributed by atoms with E-state index in [4.69, 9.17) is 28.8 Å². The van der Waals surface area contributed by atoms with Crippen molar-refractivity contribution < 1.29 is 79.2 Å². The summed E-state index contributed by atoms with van der Waals surface area (Å²) in [5.74, 6) is -3.39. The van der Waals surface area contributed by atoms with E-state index >= 15 is 0 Å². The predicted octanol–water partition coefficient (Wildman–Crippen LogP) is -5.82. The third-order valence-electron chi connectivity index (χ3n) is 5.23. The lowest BCUT2D eigenvalue weighted by atomic mass is 9.98. The highest BCUT2D eigenvalue weighted by Crippen LogP contribution is 2.29. The van der Waals surface area contributed by atoms with Gasteiger partial charge in [0.25, 0.3) is 0 Å².